The molecule has 0 spiro atoms. The Balaban J connectivity index is 3.02. The molecular weight excluding hydrogens is 230 g/mol. The normalized spacial score (nSPS) is 14.4. The van der Waals surface area contributed by atoms with Gasteiger partial charge in [-0.2, -0.15) is 0 Å². The van der Waals surface area contributed by atoms with Gasteiger partial charge in [0.1, 0.15) is 0 Å². The maximum atomic E-state index is 6.14. The number of nitrogens with two attached hydrogens (primary N) is 1. The standard InChI is InChI=1S/C18H31N/c1-6-8-9-18(7-2,13-19)12-17-15(4)10-14(3)11-16(17)5/h10-11H,6-9,12-13,19H2,1-5H3. The van der Waals surface area contributed by atoms with Crippen molar-refractivity contribution in [1.82, 2.24) is 0 Å². The summed E-state index contributed by atoms with van der Waals surface area (Å²) in [6, 6.07) is 4.61. The van der Waals surface area contributed by atoms with Gasteiger partial charge in [0.2, 0.25) is 0 Å². The highest BCUT2D eigenvalue weighted by Crippen LogP contribution is 2.34. The second-order valence-corrected chi connectivity index (χ2v) is 6.22. The predicted molar refractivity (Wildman–Crippen MR) is 85.7 cm³/mol. The van der Waals surface area contributed by atoms with Gasteiger partial charge < -0.3 is 5.73 Å². The van der Waals surface area contributed by atoms with E-state index in [9.17, 15) is 0 Å². The Morgan fingerprint density at radius 2 is 1.63 bits per heavy atom. The maximum absolute atomic E-state index is 6.14. The van der Waals surface area contributed by atoms with Crippen molar-refractivity contribution in [1.29, 1.82) is 0 Å². The molecule has 0 aliphatic heterocycles. The molecule has 0 fully saturated rings. The molecular formula is C18H31N. The second-order valence-electron chi connectivity index (χ2n) is 6.22. The molecule has 0 aromatic heterocycles. The van der Waals surface area contributed by atoms with Crippen LogP contribution in [0.1, 0.15) is 61.8 Å². The van der Waals surface area contributed by atoms with Crippen molar-refractivity contribution in [2.24, 2.45) is 11.1 Å². The zero-order valence-corrected chi connectivity index (χ0v) is 13.5. The molecule has 0 saturated heterocycles. The van der Waals surface area contributed by atoms with Gasteiger partial charge in [0.15, 0.2) is 0 Å². The van der Waals surface area contributed by atoms with E-state index in [-0.39, 0.29) is 0 Å². The van der Waals surface area contributed by atoms with Crippen LogP contribution in [0.25, 0.3) is 0 Å². The van der Waals surface area contributed by atoms with Crippen molar-refractivity contribution < 1.29 is 0 Å². The summed E-state index contributed by atoms with van der Waals surface area (Å²) in [5, 5.41) is 0. The van der Waals surface area contributed by atoms with Gasteiger partial charge in [-0.05, 0) is 68.7 Å². The molecule has 0 bridgehead atoms. The molecule has 0 aliphatic rings. The van der Waals surface area contributed by atoms with Gasteiger partial charge in [-0.3, -0.25) is 0 Å². The molecule has 1 aromatic rings. The summed E-state index contributed by atoms with van der Waals surface area (Å²) >= 11 is 0. The lowest BCUT2D eigenvalue weighted by atomic mass is 9.74. The number of unbranched alkanes of at least 4 members (excludes halogenated alkanes) is 1. The summed E-state index contributed by atoms with van der Waals surface area (Å²) in [6.45, 7) is 12.0. The van der Waals surface area contributed by atoms with E-state index in [0.717, 1.165) is 13.0 Å². The van der Waals surface area contributed by atoms with E-state index < -0.39 is 0 Å². The first kappa shape index (κ1) is 16.2. The summed E-state index contributed by atoms with van der Waals surface area (Å²) in [5.41, 5.74) is 12.2. The van der Waals surface area contributed by atoms with Gasteiger partial charge in [-0.1, -0.05) is 44.4 Å². The molecule has 2 N–H and O–H groups in total. The van der Waals surface area contributed by atoms with Gasteiger partial charge in [-0.15, -0.1) is 0 Å². The first-order valence-electron chi connectivity index (χ1n) is 7.74. The van der Waals surface area contributed by atoms with Crippen LogP contribution in [0, 0.1) is 26.2 Å². The number of hydrogen-bond acceptors (Lipinski definition) is 1. The molecule has 19 heavy (non-hydrogen) atoms. The zero-order chi connectivity index (χ0) is 14.5. The Bertz CT molecular complexity index is 379. The third kappa shape index (κ3) is 4.07. The van der Waals surface area contributed by atoms with Crippen molar-refractivity contribution >= 4 is 0 Å². The number of aryl methyl sites for hydroxylation is 3. The fraction of sp³-hybridized carbons (Fsp3) is 0.667. The largest absolute Gasteiger partial charge is 0.330 e. The molecule has 1 atom stereocenters. The highest BCUT2D eigenvalue weighted by Gasteiger charge is 2.27. The zero-order valence-electron chi connectivity index (χ0n) is 13.5. The van der Waals surface area contributed by atoms with Gasteiger partial charge in [0.25, 0.3) is 0 Å². The lowest BCUT2D eigenvalue weighted by Gasteiger charge is -2.33. The van der Waals surface area contributed by atoms with E-state index >= 15 is 0 Å². The average Bonchev–Trinajstić information content (AvgIpc) is 2.38. The summed E-state index contributed by atoms with van der Waals surface area (Å²) in [5.74, 6) is 0. The van der Waals surface area contributed by atoms with Gasteiger partial charge in [0, 0.05) is 0 Å². The highest BCUT2D eigenvalue weighted by molar-refractivity contribution is 5.38. The molecule has 0 radical (unpaired) electrons. The van der Waals surface area contributed by atoms with E-state index in [4.69, 9.17) is 5.73 Å². The molecule has 1 rings (SSSR count). The third-order valence-electron chi connectivity index (χ3n) is 4.64. The highest BCUT2D eigenvalue weighted by atomic mass is 14.6. The van der Waals surface area contributed by atoms with Crippen LogP contribution in [0.3, 0.4) is 0 Å². The number of rotatable bonds is 7. The minimum Gasteiger partial charge on any atom is -0.330 e. The summed E-state index contributed by atoms with van der Waals surface area (Å²) in [7, 11) is 0. The van der Waals surface area contributed by atoms with Crippen LogP contribution in [-0.2, 0) is 6.42 Å². The lowest BCUT2D eigenvalue weighted by Crippen LogP contribution is -2.32. The minimum atomic E-state index is 0.292. The molecule has 108 valence electrons. The summed E-state index contributed by atoms with van der Waals surface area (Å²) in [4.78, 5) is 0. The minimum absolute atomic E-state index is 0.292. The van der Waals surface area contributed by atoms with Crippen molar-refractivity contribution in [2.45, 2.75) is 66.7 Å². The van der Waals surface area contributed by atoms with E-state index in [0.29, 0.717) is 5.41 Å². The molecule has 1 nitrogen and oxygen atoms in total. The fourth-order valence-corrected chi connectivity index (χ4v) is 3.12. The molecule has 1 aromatic carbocycles. The Morgan fingerprint density at radius 3 is 2.05 bits per heavy atom. The Labute approximate surface area is 119 Å². The van der Waals surface area contributed by atoms with Crippen molar-refractivity contribution in [2.75, 3.05) is 6.54 Å². The van der Waals surface area contributed by atoms with Crippen molar-refractivity contribution in [3.63, 3.8) is 0 Å². The van der Waals surface area contributed by atoms with Crippen LogP contribution in [0.4, 0.5) is 0 Å². The molecule has 1 heteroatoms. The van der Waals surface area contributed by atoms with Gasteiger partial charge in [0.05, 0.1) is 0 Å². The fourth-order valence-electron chi connectivity index (χ4n) is 3.12. The summed E-state index contributed by atoms with van der Waals surface area (Å²) < 4.78 is 0. The Kier molecular flexibility index (Phi) is 6.06. The third-order valence-corrected chi connectivity index (χ3v) is 4.64. The van der Waals surface area contributed by atoms with Crippen LogP contribution < -0.4 is 5.73 Å². The SMILES string of the molecule is CCCCC(CC)(CN)Cc1c(C)cc(C)cc1C. The molecule has 0 saturated carbocycles. The lowest BCUT2D eigenvalue weighted by molar-refractivity contribution is 0.250. The second kappa shape index (κ2) is 7.09. The van der Waals surface area contributed by atoms with Crippen LogP contribution in [0.15, 0.2) is 12.1 Å². The number of hydrogen-bond donors (Lipinski definition) is 1. The number of benzene rings is 1. The van der Waals surface area contributed by atoms with Crippen LogP contribution in [0.5, 0.6) is 0 Å². The maximum Gasteiger partial charge on any atom is -0.00174 e. The molecule has 0 aliphatic carbocycles. The Hall–Kier alpha value is -0.820. The monoisotopic (exact) mass is 261 g/mol. The first-order chi connectivity index (χ1) is 8.98. The smallest absolute Gasteiger partial charge is 0.00174 e. The predicted octanol–water partition coefficient (Wildman–Crippen LogP) is 4.70. The van der Waals surface area contributed by atoms with E-state index in [2.05, 4.69) is 46.8 Å². The van der Waals surface area contributed by atoms with E-state index in [1.807, 2.05) is 0 Å². The van der Waals surface area contributed by atoms with Crippen LogP contribution in [-0.4, -0.2) is 6.54 Å². The van der Waals surface area contributed by atoms with Crippen LogP contribution >= 0.6 is 0 Å². The topological polar surface area (TPSA) is 26.0 Å². The quantitative estimate of drug-likeness (QED) is 0.756. The van der Waals surface area contributed by atoms with E-state index in [1.54, 1.807) is 0 Å². The van der Waals surface area contributed by atoms with Gasteiger partial charge in [-0.25, -0.2) is 0 Å². The van der Waals surface area contributed by atoms with Crippen molar-refractivity contribution in [3.05, 3.63) is 34.4 Å². The molecule has 1 unspecified atom stereocenters. The van der Waals surface area contributed by atoms with E-state index in [1.165, 1.54) is 47.9 Å². The Morgan fingerprint density at radius 1 is 1.05 bits per heavy atom. The molecule has 0 heterocycles. The van der Waals surface area contributed by atoms with Gasteiger partial charge >= 0.3 is 0 Å². The average molecular weight is 261 g/mol. The molecule has 0 amide bonds. The summed E-state index contributed by atoms with van der Waals surface area (Å²) in [6.07, 6.45) is 6.11. The first-order valence-corrected chi connectivity index (χ1v) is 7.74. The van der Waals surface area contributed by atoms with Crippen molar-refractivity contribution in [3.8, 4) is 0 Å². The van der Waals surface area contributed by atoms with Crippen LogP contribution in [0.2, 0.25) is 0 Å².